The summed E-state index contributed by atoms with van der Waals surface area (Å²) in [6, 6.07) is 7.84. The first-order valence-electron chi connectivity index (χ1n) is 5.83. The fourth-order valence-corrected chi connectivity index (χ4v) is 2.07. The summed E-state index contributed by atoms with van der Waals surface area (Å²) in [5, 5.41) is 3.54. The molecular formula is C13H16ClNO2. The number of hydrogen-bond donors (Lipinski definition) is 1. The first-order valence-corrected chi connectivity index (χ1v) is 6.21. The van der Waals surface area contributed by atoms with Crippen LogP contribution in [-0.4, -0.2) is 19.2 Å². The highest BCUT2D eigenvalue weighted by Gasteiger charge is 2.44. The maximum absolute atomic E-state index is 11.2. The van der Waals surface area contributed by atoms with Gasteiger partial charge >= 0.3 is 6.09 Å². The first-order chi connectivity index (χ1) is 8.16. The molecule has 4 heteroatoms. The highest BCUT2D eigenvalue weighted by Crippen LogP contribution is 2.47. The van der Waals surface area contributed by atoms with Crippen molar-refractivity contribution < 1.29 is 9.53 Å². The van der Waals surface area contributed by atoms with Crippen LogP contribution in [0.2, 0.25) is 5.02 Å². The number of ether oxygens (including phenoxy) is 1. The van der Waals surface area contributed by atoms with Gasteiger partial charge in [0.05, 0.1) is 6.61 Å². The molecule has 17 heavy (non-hydrogen) atoms. The summed E-state index contributed by atoms with van der Waals surface area (Å²) in [5.74, 6) is 0. The molecule has 1 aromatic carbocycles. The average Bonchev–Trinajstić information content (AvgIpc) is 3.09. The molecule has 1 fully saturated rings. The molecule has 0 heterocycles. The number of benzene rings is 1. The van der Waals surface area contributed by atoms with E-state index >= 15 is 0 Å². The smallest absolute Gasteiger partial charge is 0.407 e. The van der Waals surface area contributed by atoms with Crippen LogP contribution in [0.25, 0.3) is 0 Å². The third kappa shape index (κ3) is 2.91. The molecule has 0 radical (unpaired) electrons. The Bertz CT molecular complexity index is 398. The van der Waals surface area contributed by atoms with E-state index in [4.69, 9.17) is 16.3 Å². The second-order valence-corrected chi connectivity index (χ2v) is 4.80. The second-order valence-electron chi connectivity index (χ2n) is 4.36. The predicted molar refractivity (Wildman–Crippen MR) is 67.4 cm³/mol. The molecule has 1 aromatic rings. The van der Waals surface area contributed by atoms with Gasteiger partial charge in [-0.15, -0.1) is 0 Å². The van der Waals surface area contributed by atoms with E-state index in [1.54, 1.807) is 6.92 Å². The molecule has 1 aliphatic carbocycles. The maximum atomic E-state index is 11.2. The van der Waals surface area contributed by atoms with Gasteiger partial charge in [0.2, 0.25) is 0 Å². The third-order valence-electron chi connectivity index (χ3n) is 3.16. The standard InChI is InChI=1S/C13H16ClNO2/c1-2-17-12(16)15-9-13(7-8-13)10-3-5-11(14)6-4-10/h3-6H,2,7-9H2,1H3,(H,15,16). The molecular weight excluding hydrogens is 238 g/mol. The van der Waals surface area contributed by atoms with Gasteiger partial charge in [0.25, 0.3) is 0 Å². The average molecular weight is 254 g/mol. The Morgan fingerprint density at radius 3 is 2.59 bits per heavy atom. The van der Waals surface area contributed by atoms with Gasteiger partial charge in [-0.05, 0) is 37.5 Å². The van der Waals surface area contributed by atoms with Crippen LogP contribution in [0.1, 0.15) is 25.3 Å². The maximum Gasteiger partial charge on any atom is 0.407 e. The zero-order valence-electron chi connectivity index (χ0n) is 9.83. The molecule has 0 spiro atoms. The molecule has 1 saturated carbocycles. The summed E-state index contributed by atoms with van der Waals surface area (Å²) >= 11 is 5.86. The quantitative estimate of drug-likeness (QED) is 0.895. The Labute approximate surface area is 106 Å². The monoisotopic (exact) mass is 253 g/mol. The van der Waals surface area contributed by atoms with E-state index in [1.807, 2.05) is 24.3 Å². The minimum atomic E-state index is -0.340. The molecule has 92 valence electrons. The lowest BCUT2D eigenvalue weighted by atomic mass is 9.96. The Morgan fingerprint density at radius 2 is 2.06 bits per heavy atom. The summed E-state index contributed by atoms with van der Waals surface area (Å²) in [6.07, 6.45) is 1.86. The van der Waals surface area contributed by atoms with Crippen molar-refractivity contribution in [3.05, 3.63) is 34.9 Å². The van der Waals surface area contributed by atoms with Gasteiger partial charge < -0.3 is 10.1 Å². The van der Waals surface area contributed by atoms with Gasteiger partial charge in [0, 0.05) is 17.0 Å². The zero-order valence-corrected chi connectivity index (χ0v) is 10.6. The number of rotatable bonds is 4. The Morgan fingerprint density at radius 1 is 1.41 bits per heavy atom. The minimum Gasteiger partial charge on any atom is -0.450 e. The predicted octanol–water partition coefficient (Wildman–Crippen LogP) is 3.12. The molecule has 1 N–H and O–H groups in total. The number of nitrogens with one attached hydrogen (secondary N) is 1. The van der Waals surface area contributed by atoms with E-state index < -0.39 is 0 Å². The molecule has 0 atom stereocenters. The van der Waals surface area contributed by atoms with Crippen LogP contribution in [0.4, 0.5) is 4.79 Å². The SMILES string of the molecule is CCOC(=O)NCC1(c2ccc(Cl)cc2)CC1. The number of carbonyl (C=O) groups is 1. The molecule has 0 aliphatic heterocycles. The summed E-state index contributed by atoms with van der Waals surface area (Å²) < 4.78 is 4.85. The van der Waals surface area contributed by atoms with Crippen LogP contribution < -0.4 is 5.32 Å². The largest absolute Gasteiger partial charge is 0.450 e. The van der Waals surface area contributed by atoms with Gasteiger partial charge in [0.1, 0.15) is 0 Å². The Hall–Kier alpha value is -1.22. The lowest BCUT2D eigenvalue weighted by Crippen LogP contribution is -2.32. The van der Waals surface area contributed by atoms with Crippen LogP contribution in [-0.2, 0) is 10.2 Å². The lowest BCUT2D eigenvalue weighted by Gasteiger charge is -2.16. The zero-order chi connectivity index (χ0) is 12.3. The molecule has 3 nitrogen and oxygen atoms in total. The summed E-state index contributed by atoms with van der Waals surface area (Å²) in [5.41, 5.74) is 1.33. The topological polar surface area (TPSA) is 38.3 Å². The number of amides is 1. The summed E-state index contributed by atoms with van der Waals surface area (Å²) in [6.45, 7) is 2.83. The van der Waals surface area contributed by atoms with Crippen molar-refractivity contribution >= 4 is 17.7 Å². The lowest BCUT2D eigenvalue weighted by molar-refractivity contribution is 0.151. The van der Waals surface area contributed by atoms with Crippen LogP contribution in [0.5, 0.6) is 0 Å². The number of hydrogen-bond acceptors (Lipinski definition) is 2. The van der Waals surface area contributed by atoms with Crippen molar-refractivity contribution in [1.29, 1.82) is 0 Å². The van der Waals surface area contributed by atoms with E-state index in [0.717, 1.165) is 17.9 Å². The van der Waals surface area contributed by atoms with Crippen LogP contribution >= 0.6 is 11.6 Å². The van der Waals surface area contributed by atoms with Crippen molar-refractivity contribution in [3.63, 3.8) is 0 Å². The van der Waals surface area contributed by atoms with Crippen molar-refractivity contribution in [2.45, 2.75) is 25.2 Å². The molecule has 0 saturated heterocycles. The van der Waals surface area contributed by atoms with Crippen molar-refractivity contribution in [1.82, 2.24) is 5.32 Å². The van der Waals surface area contributed by atoms with Gasteiger partial charge in [-0.1, -0.05) is 23.7 Å². The van der Waals surface area contributed by atoms with Crippen LogP contribution in [0, 0.1) is 0 Å². The van der Waals surface area contributed by atoms with Crippen molar-refractivity contribution in [3.8, 4) is 0 Å². The molecule has 0 unspecified atom stereocenters. The van der Waals surface area contributed by atoms with Crippen LogP contribution in [0.3, 0.4) is 0 Å². The fraction of sp³-hybridized carbons (Fsp3) is 0.462. The number of halogens is 1. The summed E-state index contributed by atoms with van der Waals surface area (Å²) in [4.78, 5) is 11.2. The van der Waals surface area contributed by atoms with E-state index in [-0.39, 0.29) is 11.5 Å². The van der Waals surface area contributed by atoms with Crippen molar-refractivity contribution in [2.24, 2.45) is 0 Å². The first kappa shape index (κ1) is 12.2. The highest BCUT2D eigenvalue weighted by atomic mass is 35.5. The van der Waals surface area contributed by atoms with Crippen molar-refractivity contribution in [2.75, 3.05) is 13.2 Å². The molecule has 1 aliphatic rings. The van der Waals surface area contributed by atoms with Gasteiger partial charge in [-0.2, -0.15) is 0 Å². The van der Waals surface area contributed by atoms with Gasteiger partial charge in [-0.25, -0.2) is 4.79 Å². The number of alkyl carbamates (subject to hydrolysis) is 1. The normalized spacial score (nSPS) is 16.4. The Kier molecular flexibility index (Phi) is 3.57. The second kappa shape index (κ2) is 4.96. The fourth-order valence-electron chi connectivity index (χ4n) is 1.95. The molecule has 1 amide bonds. The Balaban J connectivity index is 1.95. The molecule has 2 rings (SSSR count). The van der Waals surface area contributed by atoms with Gasteiger partial charge in [-0.3, -0.25) is 0 Å². The minimum absolute atomic E-state index is 0.0946. The van der Waals surface area contributed by atoms with E-state index in [9.17, 15) is 4.79 Å². The van der Waals surface area contributed by atoms with E-state index in [0.29, 0.717) is 13.2 Å². The van der Waals surface area contributed by atoms with Gasteiger partial charge in [0.15, 0.2) is 0 Å². The van der Waals surface area contributed by atoms with E-state index in [2.05, 4.69) is 5.32 Å². The molecule has 0 aromatic heterocycles. The molecule has 0 bridgehead atoms. The third-order valence-corrected chi connectivity index (χ3v) is 3.41. The van der Waals surface area contributed by atoms with Crippen LogP contribution in [0.15, 0.2) is 24.3 Å². The summed E-state index contributed by atoms with van der Waals surface area (Å²) in [7, 11) is 0. The number of carbonyl (C=O) groups excluding carboxylic acids is 1. The van der Waals surface area contributed by atoms with E-state index in [1.165, 1.54) is 5.56 Å². The highest BCUT2D eigenvalue weighted by molar-refractivity contribution is 6.30.